The van der Waals surface area contributed by atoms with Crippen LogP contribution in [0.4, 0.5) is 4.79 Å². The maximum Gasteiger partial charge on any atom is 0.408 e. The molecule has 37 heavy (non-hydrogen) atoms. The number of nitrogens with one attached hydrogen (secondary N) is 1. The maximum atomic E-state index is 13.4. The normalized spacial score (nSPS) is 11.9. The van der Waals surface area contributed by atoms with Crippen LogP contribution < -0.4 is 5.32 Å². The van der Waals surface area contributed by atoms with Gasteiger partial charge in [-0.25, -0.2) is 4.79 Å². The molecule has 0 unspecified atom stereocenters. The fourth-order valence-electron chi connectivity index (χ4n) is 3.72. The molecule has 0 bridgehead atoms. The summed E-state index contributed by atoms with van der Waals surface area (Å²) >= 11 is 0. The summed E-state index contributed by atoms with van der Waals surface area (Å²) in [7, 11) is 0. The first kappa shape index (κ1) is 27.5. The van der Waals surface area contributed by atoms with E-state index in [9.17, 15) is 14.4 Å². The molecule has 1 amide bonds. The van der Waals surface area contributed by atoms with Crippen molar-refractivity contribution in [3.8, 4) is 0 Å². The molecular weight excluding hydrogens is 470 g/mol. The molecule has 0 aliphatic rings. The van der Waals surface area contributed by atoms with Crippen molar-refractivity contribution >= 4 is 18.0 Å². The summed E-state index contributed by atoms with van der Waals surface area (Å²) in [4.78, 5) is 39.7. The molecule has 3 aromatic carbocycles. The lowest BCUT2D eigenvalue weighted by Crippen LogP contribution is -2.44. The smallest absolute Gasteiger partial charge is 0.408 e. The Labute approximate surface area is 217 Å². The minimum absolute atomic E-state index is 0.0327. The molecule has 0 aliphatic heterocycles. The topological polar surface area (TPSA) is 90.9 Å². The zero-order valence-corrected chi connectivity index (χ0v) is 21.6. The highest BCUT2D eigenvalue weighted by molar-refractivity contribution is 5.96. The first-order valence-electron chi connectivity index (χ1n) is 12.1. The highest BCUT2D eigenvalue weighted by atomic mass is 16.6. The minimum atomic E-state index is -1.47. The van der Waals surface area contributed by atoms with Crippen LogP contribution in [0.3, 0.4) is 0 Å². The van der Waals surface area contributed by atoms with Crippen molar-refractivity contribution in [2.24, 2.45) is 5.92 Å². The molecule has 7 nitrogen and oxygen atoms in total. The first-order valence-corrected chi connectivity index (χ1v) is 12.1. The van der Waals surface area contributed by atoms with Gasteiger partial charge >= 0.3 is 18.0 Å². The van der Waals surface area contributed by atoms with Crippen LogP contribution in [-0.2, 0) is 37.0 Å². The van der Waals surface area contributed by atoms with E-state index in [1.54, 1.807) is 32.9 Å². The van der Waals surface area contributed by atoms with Gasteiger partial charge < -0.3 is 19.5 Å². The van der Waals surface area contributed by atoms with Gasteiger partial charge in [-0.1, -0.05) is 84.9 Å². The standard InChI is InChI=1S/C30H33NO6/c1-21-13-11-12-18-24(21)26(31-29(34)37-30(2,3)4)25(27(32)35-19-22-14-7-5-8-15-22)28(33)36-20-23-16-9-6-10-17-23/h5-18,25-26H,19-20H2,1-4H3,(H,31,34)/t26-/m0/s1. The van der Waals surface area contributed by atoms with E-state index in [0.717, 1.165) is 16.7 Å². The molecular formula is C30H33NO6. The van der Waals surface area contributed by atoms with Gasteiger partial charge in [0.05, 0.1) is 6.04 Å². The Kier molecular flexibility index (Phi) is 9.44. The summed E-state index contributed by atoms with van der Waals surface area (Å²) in [6.45, 7) is 6.96. The predicted molar refractivity (Wildman–Crippen MR) is 139 cm³/mol. The van der Waals surface area contributed by atoms with E-state index in [2.05, 4.69) is 5.32 Å². The van der Waals surface area contributed by atoms with Gasteiger partial charge in [-0.05, 0) is 49.9 Å². The van der Waals surface area contributed by atoms with Crippen molar-refractivity contribution in [1.82, 2.24) is 5.32 Å². The number of esters is 2. The van der Waals surface area contributed by atoms with E-state index in [1.165, 1.54) is 0 Å². The lowest BCUT2D eigenvalue weighted by atomic mass is 9.90. The Morgan fingerprint density at radius 3 is 1.65 bits per heavy atom. The Balaban J connectivity index is 1.93. The largest absolute Gasteiger partial charge is 0.460 e. The van der Waals surface area contributed by atoms with E-state index < -0.39 is 35.6 Å². The number of hydrogen-bond acceptors (Lipinski definition) is 6. The molecule has 0 spiro atoms. The third kappa shape index (κ3) is 8.49. The fraction of sp³-hybridized carbons (Fsp3) is 0.300. The van der Waals surface area contributed by atoms with Crippen molar-refractivity contribution in [3.63, 3.8) is 0 Å². The van der Waals surface area contributed by atoms with Crippen molar-refractivity contribution in [1.29, 1.82) is 0 Å². The lowest BCUT2D eigenvalue weighted by Gasteiger charge is -2.28. The summed E-state index contributed by atoms with van der Waals surface area (Å²) in [6.07, 6.45) is -0.766. The van der Waals surface area contributed by atoms with E-state index in [-0.39, 0.29) is 13.2 Å². The number of carbonyl (C=O) groups is 3. The molecule has 7 heteroatoms. The van der Waals surface area contributed by atoms with Crippen molar-refractivity contribution in [3.05, 3.63) is 107 Å². The van der Waals surface area contributed by atoms with Crippen LogP contribution in [0.1, 0.15) is 49.1 Å². The molecule has 0 fully saturated rings. The number of alkyl carbamates (subject to hydrolysis) is 1. The SMILES string of the molecule is Cc1ccccc1[C@H](NC(=O)OC(C)(C)C)C(C(=O)OCc1ccccc1)C(=O)OCc1ccccc1. The summed E-state index contributed by atoms with van der Waals surface area (Å²) in [5.74, 6) is -3.10. The number of hydrogen-bond donors (Lipinski definition) is 1. The average molecular weight is 504 g/mol. The second kappa shape index (κ2) is 12.7. The molecule has 1 atom stereocenters. The molecule has 3 aromatic rings. The number of carbonyl (C=O) groups excluding carboxylic acids is 3. The Bertz CT molecular complexity index is 1130. The molecule has 3 rings (SSSR count). The van der Waals surface area contributed by atoms with Gasteiger partial charge in [-0.15, -0.1) is 0 Å². The van der Waals surface area contributed by atoms with Crippen LogP contribution in [0, 0.1) is 12.8 Å². The Morgan fingerprint density at radius 1 is 0.730 bits per heavy atom. The zero-order valence-electron chi connectivity index (χ0n) is 21.6. The van der Waals surface area contributed by atoms with Crippen molar-refractivity contribution in [2.75, 3.05) is 0 Å². The number of amides is 1. The number of rotatable bonds is 9. The van der Waals surface area contributed by atoms with Gasteiger partial charge in [0.25, 0.3) is 0 Å². The van der Waals surface area contributed by atoms with Gasteiger partial charge in [-0.3, -0.25) is 9.59 Å². The van der Waals surface area contributed by atoms with Crippen molar-refractivity contribution in [2.45, 2.75) is 52.6 Å². The van der Waals surface area contributed by atoms with Gasteiger partial charge in [0, 0.05) is 0 Å². The maximum absolute atomic E-state index is 13.4. The second-order valence-electron chi connectivity index (χ2n) is 9.64. The molecule has 0 aromatic heterocycles. The quantitative estimate of drug-likeness (QED) is 0.230. The van der Waals surface area contributed by atoms with Crippen molar-refractivity contribution < 1.29 is 28.6 Å². The molecule has 0 saturated heterocycles. The van der Waals surface area contributed by atoms with E-state index in [1.807, 2.05) is 79.7 Å². The number of aryl methyl sites for hydroxylation is 1. The third-order valence-corrected chi connectivity index (χ3v) is 5.48. The van der Waals surface area contributed by atoms with Crippen LogP contribution in [-0.4, -0.2) is 23.6 Å². The van der Waals surface area contributed by atoms with Gasteiger partial charge in [-0.2, -0.15) is 0 Å². The first-order chi connectivity index (χ1) is 17.6. The molecule has 0 radical (unpaired) electrons. The Hall–Kier alpha value is -4.13. The highest BCUT2D eigenvalue weighted by Gasteiger charge is 2.41. The van der Waals surface area contributed by atoms with Crippen LogP contribution in [0.5, 0.6) is 0 Å². The highest BCUT2D eigenvalue weighted by Crippen LogP contribution is 2.29. The zero-order chi connectivity index (χ0) is 26.8. The number of ether oxygens (including phenoxy) is 3. The fourth-order valence-corrected chi connectivity index (χ4v) is 3.72. The predicted octanol–water partition coefficient (Wildman–Crippen LogP) is 5.66. The minimum Gasteiger partial charge on any atom is -0.460 e. The molecule has 0 heterocycles. The number of benzene rings is 3. The average Bonchev–Trinajstić information content (AvgIpc) is 2.86. The summed E-state index contributed by atoms with van der Waals surface area (Å²) < 4.78 is 16.6. The molecule has 194 valence electrons. The monoisotopic (exact) mass is 503 g/mol. The van der Waals surface area contributed by atoms with Gasteiger partial charge in [0.1, 0.15) is 18.8 Å². The lowest BCUT2D eigenvalue weighted by molar-refractivity contribution is -0.165. The van der Waals surface area contributed by atoms with E-state index >= 15 is 0 Å². The van der Waals surface area contributed by atoms with Gasteiger partial charge in [0.15, 0.2) is 5.92 Å². The van der Waals surface area contributed by atoms with E-state index in [4.69, 9.17) is 14.2 Å². The Morgan fingerprint density at radius 2 is 1.19 bits per heavy atom. The van der Waals surface area contributed by atoms with Crippen LogP contribution >= 0.6 is 0 Å². The van der Waals surface area contributed by atoms with E-state index in [0.29, 0.717) is 5.56 Å². The summed E-state index contributed by atoms with van der Waals surface area (Å²) in [5.41, 5.74) is 2.10. The summed E-state index contributed by atoms with van der Waals surface area (Å²) in [6, 6.07) is 24.4. The van der Waals surface area contributed by atoms with Crippen LogP contribution in [0.2, 0.25) is 0 Å². The van der Waals surface area contributed by atoms with Crippen LogP contribution in [0.25, 0.3) is 0 Å². The molecule has 1 N–H and O–H groups in total. The van der Waals surface area contributed by atoms with Gasteiger partial charge in [0.2, 0.25) is 0 Å². The second-order valence-corrected chi connectivity index (χ2v) is 9.64. The molecule has 0 aliphatic carbocycles. The summed E-state index contributed by atoms with van der Waals surface area (Å²) in [5, 5.41) is 2.73. The third-order valence-electron chi connectivity index (χ3n) is 5.48. The van der Waals surface area contributed by atoms with Crippen LogP contribution in [0.15, 0.2) is 84.9 Å². The molecule has 0 saturated carbocycles.